The molecule has 106 heavy (non-hydrogen) atoms. The van der Waals surface area contributed by atoms with Crippen molar-refractivity contribution in [1.82, 2.24) is 41.0 Å². The number of benzene rings is 4. The van der Waals surface area contributed by atoms with Gasteiger partial charge in [0.1, 0.15) is 24.7 Å². The Morgan fingerprint density at radius 3 is 2.04 bits per heavy atom. The van der Waals surface area contributed by atoms with Gasteiger partial charge < -0.3 is 95.4 Å². The van der Waals surface area contributed by atoms with E-state index >= 15 is 0 Å². The van der Waals surface area contributed by atoms with Gasteiger partial charge in [0.25, 0.3) is 15.6 Å². The molecule has 0 bridgehead atoms. The lowest BCUT2D eigenvalue weighted by Crippen LogP contribution is -2.57. The lowest BCUT2D eigenvalue weighted by atomic mass is 9.85. The van der Waals surface area contributed by atoms with E-state index in [0.29, 0.717) is 53.5 Å². The molecule has 564 valence electrons. The van der Waals surface area contributed by atoms with E-state index < -0.39 is 124 Å². The SMILES string of the molecule is CCCNC(=O)Nc1cccc(S(=O)(=O)Nc2cccc([C@@H](CC(=O)O)NC(=O)Nc3ccc(NC(=O)NCCOCCOCCOCCC(=O)N[C@@H](CC(=O)O)C(=O)N4CCC[C@H]4C(=O)N[C@H](C(=O)O[C@]4(CC)C(=O)OCc5c4cc4n(c5=O)Cc5cc6cc7c(cc6nc5-4)OCO7)C(C)C)cc3)c2)c1. The molecule has 1 saturated heterocycles. The number of fused-ring (bicyclic) bond motifs is 6. The van der Waals surface area contributed by atoms with Crippen molar-refractivity contribution < 1.29 is 99.7 Å². The second kappa shape index (κ2) is 34.9. The first-order valence-electron chi connectivity index (χ1n) is 34.3. The number of hydrogen-bond acceptors (Lipinski definition) is 21. The summed E-state index contributed by atoms with van der Waals surface area (Å²) in [5.41, 5.74) is 1.05. The van der Waals surface area contributed by atoms with Gasteiger partial charge in [-0.2, -0.15) is 0 Å². The van der Waals surface area contributed by atoms with Gasteiger partial charge in [0.15, 0.2) is 11.5 Å². The number of nitrogens with one attached hydrogen (secondary N) is 9. The number of rotatable bonds is 34. The summed E-state index contributed by atoms with van der Waals surface area (Å²) in [6.45, 7) is 7.63. The summed E-state index contributed by atoms with van der Waals surface area (Å²) in [6.07, 6.45) is -0.637. The molecule has 9 amide bonds. The molecule has 4 aliphatic heterocycles. The molecule has 34 nitrogen and oxygen atoms in total. The molecule has 10 rings (SSSR count). The van der Waals surface area contributed by atoms with Crippen LogP contribution in [0.5, 0.6) is 11.5 Å². The largest absolute Gasteiger partial charge is 0.481 e. The van der Waals surface area contributed by atoms with Gasteiger partial charge in [-0.15, -0.1) is 0 Å². The molecule has 2 aromatic heterocycles. The van der Waals surface area contributed by atoms with E-state index in [4.69, 9.17) is 38.1 Å². The van der Waals surface area contributed by atoms with Gasteiger partial charge >= 0.3 is 42.0 Å². The zero-order valence-corrected chi connectivity index (χ0v) is 59.2. The summed E-state index contributed by atoms with van der Waals surface area (Å²) in [6, 6.07) is 17.4. The van der Waals surface area contributed by atoms with Crippen LogP contribution in [0.25, 0.3) is 22.3 Å². The minimum atomic E-state index is -4.19. The maximum atomic E-state index is 14.4. The topological polar surface area (TPSA) is 456 Å². The molecule has 0 aliphatic carbocycles. The lowest BCUT2D eigenvalue weighted by Gasteiger charge is -2.37. The van der Waals surface area contributed by atoms with Crippen molar-refractivity contribution in [1.29, 1.82) is 0 Å². The number of cyclic esters (lactones) is 1. The normalized spacial score (nSPS) is 16.2. The Balaban J connectivity index is 0.608. The van der Waals surface area contributed by atoms with Crippen LogP contribution in [0.2, 0.25) is 0 Å². The number of carboxylic acid groups (broad SMARTS) is 2. The Morgan fingerprint density at radius 1 is 0.698 bits per heavy atom. The fourth-order valence-corrected chi connectivity index (χ4v) is 13.4. The molecule has 5 atom stereocenters. The standard InChI is InChI=1S/C71H82N12O22S/c1-5-20-72-68(94)76-46-11-8-13-48(32-46)106(97,98)81-47-12-7-10-41(30-47)52(35-59(85)86)79-70(96)75-45-17-15-44(16-18-45)74-69(95)73-21-24-100-26-28-101-27-25-99-23-19-58(84)77-53(36-60(87)88)65(91)82-22-9-14-54(82)63(89)80-61(40(3)4)66(92)105-71(6-2)50-33-55-62-43(37-83(55)64(90)49(50)38-102-67(71)93)29-42-31-56-57(104-39-103-56)34-51(42)78-62/h7-8,10-13,15-18,29-34,40,52-54,61,81H,5-6,9,14,19-28,35-39H2,1-4H3,(H,77,84)(H,80,89)(H,85,86)(H,87,88)(H2,72,76,94)(H2,73,74,95)(H2,75,79,96)/t52-,53+,54+,61+,71+/m1/s1. The van der Waals surface area contributed by atoms with Gasteiger partial charge in [-0.05, 0) is 110 Å². The average molecular weight is 1490 g/mol. The third-order valence-electron chi connectivity index (χ3n) is 17.6. The molecular weight excluding hydrogens is 1400 g/mol. The molecule has 1 fully saturated rings. The number of amides is 9. The number of aliphatic carboxylic acids is 2. The Kier molecular flexibility index (Phi) is 25.4. The number of likely N-dealkylation sites (tertiary alicyclic amines) is 1. The first kappa shape index (κ1) is 77.2. The van der Waals surface area contributed by atoms with Gasteiger partial charge in [0.2, 0.25) is 30.1 Å². The third-order valence-corrected chi connectivity index (χ3v) is 19.0. The van der Waals surface area contributed by atoms with Gasteiger partial charge in [0.05, 0.1) is 92.4 Å². The van der Waals surface area contributed by atoms with E-state index in [1.807, 2.05) is 13.0 Å². The Bertz CT molecular complexity index is 4520. The molecule has 11 N–H and O–H groups in total. The highest BCUT2D eigenvalue weighted by atomic mass is 32.2. The fraction of sp³-hybridized carbons (Fsp3) is 0.408. The molecular formula is C71H82N12O22S. The zero-order chi connectivity index (χ0) is 75.8. The fourth-order valence-electron chi connectivity index (χ4n) is 12.4. The number of urea groups is 3. The second-order valence-electron chi connectivity index (χ2n) is 25.5. The second-order valence-corrected chi connectivity index (χ2v) is 27.1. The van der Waals surface area contributed by atoms with E-state index in [1.54, 1.807) is 39.0 Å². The molecule has 35 heteroatoms. The van der Waals surface area contributed by atoms with Crippen LogP contribution >= 0.6 is 0 Å². The van der Waals surface area contributed by atoms with Gasteiger partial charge in [-0.1, -0.05) is 45.9 Å². The Labute approximate surface area is 607 Å². The van der Waals surface area contributed by atoms with Crippen LogP contribution in [0.3, 0.4) is 0 Å². The lowest BCUT2D eigenvalue weighted by molar-refractivity contribution is -0.191. The van der Waals surface area contributed by atoms with Crippen LogP contribution in [0.15, 0.2) is 107 Å². The highest BCUT2D eigenvalue weighted by molar-refractivity contribution is 7.92. The van der Waals surface area contributed by atoms with Crippen LogP contribution in [0.1, 0.15) is 101 Å². The summed E-state index contributed by atoms with van der Waals surface area (Å²) in [7, 11) is -4.19. The summed E-state index contributed by atoms with van der Waals surface area (Å²) < 4.78 is 70.0. The average Bonchev–Trinajstić information content (AvgIpc) is 1.45. The summed E-state index contributed by atoms with van der Waals surface area (Å²) >= 11 is 0. The zero-order valence-electron chi connectivity index (χ0n) is 58.4. The van der Waals surface area contributed by atoms with Crippen LogP contribution in [-0.2, 0) is 86.0 Å². The van der Waals surface area contributed by atoms with E-state index in [1.165, 1.54) is 77.4 Å². The van der Waals surface area contributed by atoms with Crippen LogP contribution in [0.4, 0.5) is 37.1 Å². The molecule has 6 heterocycles. The number of carbonyl (C=O) groups is 10. The maximum Gasteiger partial charge on any atom is 0.355 e. The number of carboxylic acids is 2. The molecule has 0 saturated carbocycles. The predicted molar refractivity (Wildman–Crippen MR) is 379 cm³/mol. The molecule has 0 unspecified atom stereocenters. The van der Waals surface area contributed by atoms with Crippen molar-refractivity contribution in [2.75, 3.05) is 86.7 Å². The number of carbonyl (C=O) groups excluding carboxylic acids is 8. The van der Waals surface area contributed by atoms with Crippen molar-refractivity contribution in [2.24, 2.45) is 5.92 Å². The number of ether oxygens (including phenoxy) is 7. The summed E-state index contributed by atoms with van der Waals surface area (Å²) in [5, 5.41) is 41.1. The number of esters is 2. The van der Waals surface area contributed by atoms with E-state index in [2.05, 4.69) is 47.3 Å². The van der Waals surface area contributed by atoms with Crippen molar-refractivity contribution >= 4 is 103 Å². The van der Waals surface area contributed by atoms with Gasteiger partial charge in [0, 0.05) is 71.4 Å². The van der Waals surface area contributed by atoms with Gasteiger partial charge in [-0.25, -0.2) is 37.4 Å². The van der Waals surface area contributed by atoms with Crippen molar-refractivity contribution in [3.8, 4) is 22.9 Å². The third kappa shape index (κ3) is 19.1. The molecule has 4 aliphatic rings. The monoisotopic (exact) mass is 1490 g/mol. The minimum absolute atomic E-state index is 0.0255. The number of aromatic nitrogens is 2. The first-order valence-corrected chi connectivity index (χ1v) is 35.8. The Hall–Kier alpha value is -11.4. The quantitative estimate of drug-likeness (QED) is 0.0178. The minimum Gasteiger partial charge on any atom is -0.481 e. The smallest absolute Gasteiger partial charge is 0.355 e. The molecule has 6 aromatic rings. The van der Waals surface area contributed by atoms with E-state index in [0.717, 1.165) is 15.8 Å². The summed E-state index contributed by atoms with van der Waals surface area (Å²) in [5.74, 6) is -6.48. The van der Waals surface area contributed by atoms with Crippen molar-refractivity contribution in [3.63, 3.8) is 0 Å². The number of hydrogen-bond donors (Lipinski definition) is 11. The van der Waals surface area contributed by atoms with Crippen molar-refractivity contribution in [3.05, 3.63) is 130 Å². The first-order chi connectivity index (χ1) is 50.8. The molecule has 4 aromatic carbocycles. The predicted octanol–water partition coefficient (Wildman–Crippen LogP) is 5.38. The number of nitrogens with zero attached hydrogens (tertiary/aromatic N) is 3. The van der Waals surface area contributed by atoms with E-state index in [-0.39, 0.29) is 131 Å². The summed E-state index contributed by atoms with van der Waals surface area (Å²) in [4.78, 5) is 152. The van der Waals surface area contributed by atoms with E-state index in [9.17, 15) is 71.4 Å². The number of pyridine rings is 2. The van der Waals surface area contributed by atoms with Crippen molar-refractivity contribution in [2.45, 2.75) is 120 Å². The molecule has 0 radical (unpaired) electrons. The Morgan fingerprint density at radius 2 is 1.35 bits per heavy atom. The molecule has 0 spiro atoms. The van der Waals surface area contributed by atoms with Crippen LogP contribution < -0.4 is 62.3 Å². The van der Waals surface area contributed by atoms with Crippen LogP contribution in [-0.4, -0.2) is 177 Å². The van der Waals surface area contributed by atoms with Crippen LogP contribution in [0, 0.1) is 5.92 Å². The van der Waals surface area contributed by atoms with Gasteiger partial charge in [-0.3, -0.25) is 33.5 Å². The number of anilines is 4. The highest BCUT2D eigenvalue weighted by Crippen LogP contribution is 2.43. The maximum absolute atomic E-state index is 14.4. The highest BCUT2D eigenvalue weighted by Gasteiger charge is 2.52. The number of sulfonamides is 1.